The fraction of sp³-hybridized carbons (Fsp3) is 0. The first-order valence-corrected chi connectivity index (χ1v) is 23.9. The molecule has 0 saturated heterocycles. The van der Waals surface area contributed by atoms with Gasteiger partial charge in [0.05, 0.1) is 33.4 Å². The Balaban J connectivity index is 0.975. The van der Waals surface area contributed by atoms with E-state index >= 15 is 0 Å². The normalized spacial score (nSPS) is 12.2. The summed E-state index contributed by atoms with van der Waals surface area (Å²) in [7, 11) is 0. The number of benzene rings is 12. The Bertz CT molecular complexity index is 4360. The largest absolute Gasteiger partial charge is 0.308 e. The van der Waals surface area contributed by atoms with Crippen LogP contribution >= 0.6 is 11.3 Å². The van der Waals surface area contributed by atoms with Crippen molar-refractivity contribution in [2.45, 2.75) is 0 Å². The van der Waals surface area contributed by atoms with Crippen LogP contribution in [0.25, 0.3) is 141 Å². The van der Waals surface area contributed by atoms with E-state index in [1.54, 1.807) is 0 Å². The number of aromatic nitrogens is 2. The zero-order valence-corrected chi connectivity index (χ0v) is 37.1. The summed E-state index contributed by atoms with van der Waals surface area (Å²) in [6.07, 6.45) is 0. The molecule has 0 unspecified atom stereocenters. The predicted octanol–water partition coefficient (Wildman–Crippen LogP) is 18.2. The maximum absolute atomic E-state index is 2.50. The van der Waals surface area contributed by atoms with Crippen LogP contribution in [0.4, 0.5) is 0 Å². The second-order valence-corrected chi connectivity index (χ2v) is 18.9. The van der Waals surface area contributed by atoms with Gasteiger partial charge in [-0.3, -0.25) is 0 Å². The van der Waals surface area contributed by atoms with Crippen molar-refractivity contribution in [1.29, 1.82) is 0 Å². The van der Waals surface area contributed by atoms with E-state index in [9.17, 15) is 0 Å². The number of nitrogens with zero attached hydrogens (tertiary/aromatic N) is 2. The van der Waals surface area contributed by atoms with Crippen LogP contribution in [-0.4, -0.2) is 9.13 Å². The predicted molar refractivity (Wildman–Crippen MR) is 289 cm³/mol. The molecule has 0 radical (unpaired) electrons. The maximum Gasteiger partial charge on any atom is 0.0619 e. The van der Waals surface area contributed by atoms with Gasteiger partial charge in [0.25, 0.3) is 0 Å². The Morgan fingerprint density at radius 2 is 0.597 bits per heavy atom. The quantitative estimate of drug-likeness (QED) is 0.156. The summed E-state index contributed by atoms with van der Waals surface area (Å²) >= 11 is 1.92. The Morgan fingerprint density at radius 3 is 1.01 bits per heavy atom. The van der Waals surface area contributed by atoms with Gasteiger partial charge in [0.1, 0.15) is 0 Å². The van der Waals surface area contributed by atoms with E-state index < -0.39 is 0 Å². The minimum Gasteiger partial charge on any atom is -0.308 e. The number of hydrogen-bond donors (Lipinski definition) is 0. The first kappa shape index (κ1) is 36.8. The van der Waals surface area contributed by atoms with Crippen LogP contribution < -0.4 is 0 Å². The standard InChI is InChI=1S/C64H38N2S/c1-5-26-49-45(22-1)60(46-23-2-6-27-50(46)62(49)65-55-32-13-9-18-40(55)41-19-10-14-33-56(41)65)39-36-37-44-53-30-17-31-54(64(53)67-59(44)38-39)61-47-24-3-7-28-51(47)63(52-29-8-4-25-48(52)61)66-57-34-15-11-20-42(57)43-21-12-16-35-58(43)66/h1-38H. The molecule has 310 valence electrons. The molecule has 0 fully saturated rings. The van der Waals surface area contributed by atoms with Crippen LogP contribution in [0.5, 0.6) is 0 Å². The molecule has 12 aromatic carbocycles. The van der Waals surface area contributed by atoms with Gasteiger partial charge >= 0.3 is 0 Å². The van der Waals surface area contributed by atoms with Crippen LogP contribution in [0.2, 0.25) is 0 Å². The van der Waals surface area contributed by atoms with Crippen molar-refractivity contribution in [1.82, 2.24) is 9.13 Å². The van der Waals surface area contributed by atoms with E-state index in [1.165, 1.54) is 141 Å². The second kappa shape index (κ2) is 14.0. The van der Waals surface area contributed by atoms with Gasteiger partial charge in [-0.25, -0.2) is 0 Å². The third kappa shape index (κ3) is 5.09. The van der Waals surface area contributed by atoms with Gasteiger partial charge in [-0.1, -0.05) is 200 Å². The first-order chi connectivity index (χ1) is 33.3. The second-order valence-electron chi connectivity index (χ2n) is 17.9. The zero-order chi connectivity index (χ0) is 43.7. The van der Waals surface area contributed by atoms with Crippen molar-refractivity contribution < 1.29 is 0 Å². The van der Waals surface area contributed by atoms with Crippen molar-refractivity contribution in [3.8, 4) is 33.6 Å². The summed E-state index contributed by atoms with van der Waals surface area (Å²) in [6.45, 7) is 0. The SMILES string of the molecule is c1ccc2c(-n3c4ccccc4c4ccccc43)c3ccccc3c(-c3ccc4c(c3)sc3c(-c5c6ccccc6c(-n6c7ccccc7c7ccccc76)c6ccccc56)cccc34)c2c1. The highest BCUT2D eigenvalue weighted by atomic mass is 32.1. The molecule has 0 aliphatic rings. The van der Waals surface area contributed by atoms with Crippen LogP contribution in [0.15, 0.2) is 231 Å². The van der Waals surface area contributed by atoms with Gasteiger partial charge in [-0.2, -0.15) is 0 Å². The molecule has 0 aliphatic carbocycles. The Kier molecular flexibility index (Phi) is 7.69. The zero-order valence-electron chi connectivity index (χ0n) is 36.2. The number of hydrogen-bond acceptors (Lipinski definition) is 1. The molecule has 0 spiro atoms. The molecule has 0 bridgehead atoms. The summed E-state index contributed by atoms with van der Waals surface area (Å²) in [4.78, 5) is 0. The minimum absolute atomic E-state index is 1.22. The average Bonchev–Trinajstić information content (AvgIpc) is 4.05. The Labute approximate surface area is 389 Å². The molecular formula is C64H38N2S. The van der Waals surface area contributed by atoms with Gasteiger partial charge < -0.3 is 9.13 Å². The van der Waals surface area contributed by atoms with E-state index in [0.29, 0.717) is 0 Å². The fourth-order valence-electron chi connectivity index (χ4n) is 11.8. The van der Waals surface area contributed by atoms with Crippen molar-refractivity contribution >= 4 is 118 Å². The highest BCUT2D eigenvalue weighted by molar-refractivity contribution is 7.26. The smallest absolute Gasteiger partial charge is 0.0619 e. The summed E-state index contributed by atoms with van der Waals surface area (Å²) < 4.78 is 7.60. The molecule has 0 saturated carbocycles. The molecule has 3 aromatic heterocycles. The van der Waals surface area contributed by atoms with Gasteiger partial charge in [0, 0.05) is 68.8 Å². The molecule has 3 heteroatoms. The lowest BCUT2D eigenvalue weighted by molar-refractivity contribution is 1.21. The van der Waals surface area contributed by atoms with Crippen LogP contribution in [0.1, 0.15) is 0 Å². The third-order valence-electron chi connectivity index (χ3n) is 14.5. The monoisotopic (exact) mass is 866 g/mol. The summed E-state index contributed by atoms with van der Waals surface area (Å²) in [6, 6.07) is 85.6. The van der Waals surface area contributed by atoms with E-state index in [2.05, 4.69) is 240 Å². The Hall–Kier alpha value is -8.50. The molecule has 15 aromatic rings. The number of fused-ring (bicyclic) bond motifs is 13. The maximum atomic E-state index is 2.50. The average molecular weight is 867 g/mol. The topological polar surface area (TPSA) is 9.86 Å². The van der Waals surface area contributed by atoms with Crippen molar-refractivity contribution in [2.24, 2.45) is 0 Å². The lowest BCUT2D eigenvalue weighted by Crippen LogP contribution is -1.99. The van der Waals surface area contributed by atoms with E-state index in [0.717, 1.165) is 0 Å². The first-order valence-electron chi connectivity index (χ1n) is 23.1. The molecule has 3 heterocycles. The van der Waals surface area contributed by atoms with Gasteiger partial charge in [-0.15, -0.1) is 11.3 Å². The molecule has 2 nitrogen and oxygen atoms in total. The lowest BCUT2D eigenvalue weighted by atomic mass is 9.89. The van der Waals surface area contributed by atoms with E-state index in [4.69, 9.17) is 0 Å². The van der Waals surface area contributed by atoms with Gasteiger partial charge in [0.15, 0.2) is 0 Å². The van der Waals surface area contributed by atoms with Crippen LogP contribution in [0, 0.1) is 0 Å². The minimum atomic E-state index is 1.22. The van der Waals surface area contributed by atoms with Crippen molar-refractivity contribution in [3.63, 3.8) is 0 Å². The number of para-hydroxylation sites is 4. The summed E-state index contributed by atoms with van der Waals surface area (Å²) in [5, 5.41) is 17.6. The highest BCUT2D eigenvalue weighted by Gasteiger charge is 2.24. The lowest BCUT2D eigenvalue weighted by Gasteiger charge is -2.19. The number of rotatable bonds is 4. The van der Waals surface area contributed by atoms with Gasteiger partial charge in [0.2, 0.25) is 0 Å². The van der Waals surface area contributed by atoms with Crippen molar-refractivity contribution in [2.75, 3.05) is 0 Å². The van der Waals surface area contributed by atoms with Crippen LogP contribution in [0.3, 0.4) is 0 Å². The summed E-state index contributed by atoms with van der Waals surface area (Å²) in [5.74, 6) is 0. The molecule has 15 rings (SSSR count). The number of thiophene rings is 1. The molecule has 0 atom stereocenters. The fourth-order valence-corrected chi connectivity index (χ4v) is 13.0. The van der Waals surface area contributed by atoms with Gasteiger partial charge in [-0.05, 0) is 68.6 Å². The van der Waals surface area contributed by atoms with E-state index in [1.807, 2.05) is 11.3 Å². The molecule has 0 amide bonds. The van der Waals surface area contributed by atoms with Crippen LogP contribution in [-0.2, 0) is 0 Å². The Morgan fingerprint density at radius 1 is 0.254 bits per heavy atom. The summed E-state index contributed by atoms with van der Waals surface area (Å²) in [5.41, 5.74) is 12.4. The molecule has 0 aliphatic heterocycles. The highest BCUT2D eigenvalue weighted by Crippen LogP contribution is 2.50. The van der Waals surface area contributed by atoms with Crippen molar-refractivity contribution in [3.05, 3.63) is 231 Å². The van der Waals surface area contributed by atoms with E-state index in [-0.39, 0.29) is 0 Å². The molecule has 67 heavy (non-hydrogen) atoms. The molecular weight excluding hydrogens is 829 g/mol. The molecule has 0 N–H and O–H groups in total. The third-order valence-corrected chi connectivity index (χ3v) is 15.7.